The van der Waals surface area contributed by atoms with Crippen molar-refractivity contribution in [3.05, 3.63) is 58.6 Å². The van der Waals surface area contributed by atoms with Crippen LogP contribution in [0.1, 0.15) is 15.9 Å². The molecule has 0 radical (unpaired) electrons. The third kappa shape index (κ3) is 3.67. The minimum absolute atomic E-state index is 0.0995. The van der Waals surface area contributed by atoms with Crippen molar-refractivity contribution in [2.45, 2.75) is 6.61 Å². The lowest BCUT2D eigenvalue weighted by molar-refractivity contribution is 0.0827. The summed E-state index contributed by atoms with van der Waals surface area (Å²) in [5.74, 6) is 0.375. The molecule has 2 aromatic carbocycles. The number of benzene rings is 2. The van der Waals surface area contributed by atoms with E-state index in [4.69, 9.17) is 22.1 Å². The molecule has 0 fully saturated rings. The van der Waals surface area contributed by atoms with Crippen LogP contribution in [0, 0.1) is 0 Å². The summed E-state index contributed by atoms with van der Waals surface area (Å²) in [5, 5.41) is 0.636. The van der Waals surface area contributed by atoms with Crippen LogP contribution >= 0.6 is 11.6 Å². The van der Waals surface area contributed by atoms with Crippen LogP contribution in [-0.4, -0.2) is 24.9 Å². The maximum absolute atomic E-state index is 11.9. The average Bonchev–Trinajstić information content (AvgIpc) is 2.47. The average molecular weight is 305 g/mol. The zero-order valence-corrected chi connectivity index (χ0v) is 12.7. The fourth-order valence-electron chi connectivity index (χ4n) is 1.82. The Hall–Kier alpha value is -2.20. The molecule has 0 aliphatic rings. The first-order valence-electron chi connectivity index (χ1n) is 6.46. The molecule has 0 saturated heterocycles. The molecule has 0 atom stereocenters. The van der Waals surface area contributed by atoms with Gasteiger partial charge in [-0.2, -0.15) is 0 Å². The number of rotatable bonds is 4. The molecule has 0 heterocycles. The molecule has 0 aliphatic carbocycles. The highest BCUT2D eigenvalue weighted by molar-refractivity contribution is 6.31. The van der Waals surface area contributed by atoms with Crippen molar-refractivity contribution in [3.8, 4) is 5.75 Å². The van der Waals surface area contributed by atoms with E-state index in [1.165, 1.54) is 4.90 Å². The Morgan fingerprint density at radius 1 is 1.24 bits per heavy atom. The number of hydrogen-bond donors (Lipinski definition) is 1. The van der Waals surface area contributed by atoms with Crippen molar-refractivity contribution in [1.82, 2.24) is 4.90 Å². The first-order chi connectivity index (χ1) is 9.99. The second-order valence-corrected chi connectivity index (χ2v) is 5.24. The molecule has 0 spiro atoms. The first kappa shape index (κ1) is 15.2. The molecule has 0 saturated carbocycles. The number of amides is 1. The monoisotopic (exact) mass is 304 g/mol. The Morgan fingerprint density at radius 3 is 2.62 bits per heavy atom. The number of ether oxygens (including phenoxy) is 1. The zero-order valence-electron chi connectivity index (χ0n) is 12.0. The molecule has 2 aromatic rings. The molecule has 2 rings (SSSR count). The zero-order chi connectivity index (χ0) is 15.4. The molecule has 21 heavy (non-hydrogen) atoms. The van der Waals surface area contributed by atoms with Gasteiger partial charge in [-0.05, 0) is 24.3 Å². The van der Waals surface area contributed by atoms with Crippen LogP contribution in [-0.2, 0) is 6.61 Å². The van der Waals surface area contributed by atoms with Crippen LogP contribution in [0.5, 0.6) is 5.75 Å². The topological polar surface area (TPSA) is 55.6 Å². The van der Waals surface area contributed by atoms with Gasteiger partial charge in [-0.1, -0.05) is 29.8 Å². The summed E-state index contributed by atoms with van der Waals surface area (Å²) >= 11 is 6.08. The predicted octanol–water partition coefficient (Wildman–Crippen LogP) is 3.20. The fourth-order valence-corrected chi connectivity index (χ4v) is 2.01. The van der Waals surface area contributed by atoms with Crippen molar-refractivity contribution < 1.29 is 9.53 Å². The van der Waals surface area contributed by atoms with Gasteiger partial charge in [0.15, 0.2) is 0 Å². The summed E-state index contributed by atoms with van der Waals surface area (Å²) < 4.78 is 5.69. The van der Waals surface area contributed by atoms with E-state index in [1.807, 2.05) is 18.2 Å². The lowest BCUT2D eigenvalue weighted by Gasteiger charge is -2.14. The number of anilines is 1. The number of carbonyl (C=O) groups is 1. The van der Waals surface area contributed by atoms with Gasteiger partial charge in [-0.3, -0.25) is 4.79 Å². The highest BCUT2D eigenvalue weighted by Crippen LogP contribution is 2.25. The molecule has 110 valence electrons. The third-order valence-electron chi connectivity index (χ3n) is 3.01. The Bertz CT molecular complexity index is 656. The fraction of sp³-hybridized carbons (Fsp3) is 0.188. The van der Waals surface area contributed by atoms with Crippen LogP contribution in [0.15, 0.2) is 42.5 Å². The van der Waals surface area contributed by atoms with Gasteiger partial charge in [0.2, 0.25) is 0 Å². The summed E-state index contributed by atoms with van der Waals surface area (Å²) in [5.41, 5.74) is 7.76. The maximum Gasteiger partial charge on any atom is 0.253 e. The molecule has 0 unspecified atom stereocenters. The van der Waals surface area contributed by atoms with Gasteiger partial charge < -0.3 is 15.4 Å². The number of hydrogen-bond acceptors (Lipinski definition) is 3. The number of halogens is 1. The van der Waals surface area contributed by atoms with Gasteiger partial charge >= 0.3 is 0 Å². The quantitative estimate of drug-likeness (QED) is 0.883. The lowest BCUT2D eigenvalue weighted by atomic mass is 10.1. The Balaban J connectivity index is 2.18. The minimum atomic E-state index is -0.0995. The minimum Gasteiger partial charge on any atom is -0.487 e. The van der Waals surface area contributed by atoms with Gasteiger partial charge in [0.25, 0.3) is 5.91 Å². The predicted molar refractivity (Wildman–Crippen MR) is 84.7 cm³/mol. The second-order valence-electron chi connectivity index (χ2n) is 4.83. The van der Waals surface area contributed by atoms with Gasteiger partial charge in [-0.25, -0.2) is 0 Å². The van der Waals surface area contributed by atoms with Crippen molar-refractivity contribution in [2.24, 2.45) is 0 Å². The molecule has 4 nitrogen and oxygen atoms in total. The third-order valence-corrected chi connectivity index (χ3v) is 3.38. The molecule has 0 bridgehead atoms. The second kappa shape index (κ2) is 6.50. The van der Waals surface area contributed by atoms with E-state index in [0.717, 1.165) is 5.56 Å². The van der Waals surface area contributed by atoms with E-state index in [2.05, 4.69) is 0 Å². The molecular weight excluding hydrogens is 288 g/mol. The standard InChI is InChI=1S/C16H17ClN2O2/c1-19(2)16(20)11-7-8-14(18)15(9-11)21-10-12-5-3-4-6-13(12)17/h3-9H,10,18H2,1-2H3. The van der Waals surface area contributed by atoms with Crippen LogP contribution in [0.25, 0.3) is 0 Å². The Kier molecular flexibility index (Phi) is 4.70. The normalized spacial score (nSPS) is 10.2. The van der Waals surface area contributed by atoms with Gasteiger partial charge in [0.05, 0.1) is 5.69 Å². The summed E-state index contributed by atoms with van der Waals surface area (Å²) in [6, 6.07) is 12.4. The first-order valence-corrected chi connectivity index (χ1v) is 6.84. The van der Waals surface area contributed by atoms with E-state index in [-0.39, 0.29) is 5.91 Å². The van der Waals surface area contributed by atoms with E-state index in [1.54, 1.807) is 38.4 Å². The van der Waals surface area contributed by atoms with Gasteiger partial charge in [-0.15, -0.1) is 0 Å². The van der Waals surface area contributed by atoms with Gasteiger partial charge in [0, 0.05) is 30.2 Å². The largest absolute Gasteiger partial charge is 0.487 e. The summed E-state index contributed by atoms with van der Waals surface area (Å²) in [7, 11) is 3.39. The van der Waals surface area contributed by atoms with Crippen LogP contribution in [0.2, 0.25) is 5.02 Å². The van der Waals surface area contributed by atoms with E-state index in [9.17, 15) is 4.79 Å². The highest BCUT2D eigenvalue weighted by Gasteiger charge is 2.11. The van der Waals surface area contributed by atoms with Crippen LogP contribution in [0.4, 0.5) is 5.69 Å². The van der Waals surface area contributed by atoms with Crippen LogP contribution in [0.3, 0.4) is 0 Å². The highest BCUT2D eigenvalue weighted by atomic mass is 35.5. The number of nitrogens with two attached hydrogens (primary N) is 1. The number of carbonyl (C=O) groups excluding carboxylic acids is 1. The van der Waals surface area contributed by atoms with E-state index in [0.29, 0.717) is 28.6 Å². The van der Waals surface area contributed by atoms with Crippen LogP contribution < -0.4 is 10.5 Å². The summed E-state index contributed by atoms with van der Waals surface area (Å²) in [6.45, 7) is 0.295. The molecule has 0 aromatic heterocycles. The van der Waals surface area contributed by atoms with Crippen molar-refractivity contribution in [1.29, 1.82) is 0 Å². The number of nitrogens with zero attached hydrogens (tertiary/aromatic N) is 1. The smallest absolute Gasteiger partial charge is 0.253 e. The van der Waals surface area contributed by atoms with Gasteiger partial charge in [0.1, 0.15) is 12.4 Å². The lowest BCUT2D eigenvalue weighted by Crippen LogP contribution is -2.21. The van der Waals surface area contributed by atoms with Crippen molar-refractivity contribution >= 4 is 23.2 Å². The summed E-state index contributed by atoms with van der Waals surface area (Å²) in [6.07, 6.45) is 0. The Morgan fingerprint density at radius 2 is 1.95 bits per heavy atom. The molecular formula is C16H17ClN2O2. The molecule has 5 heteroatoms. The van der Waals surface area contributed by atoms with E-state index < -0.39 is 0 Å². The maximum atomic E-state index is 11.9. The molecule has 1 amide bonds. The SMILES string of the molecule is CN(C)C(=O)c1ccc(N)c(OCc2ccccc2Cl)c1. The summed E-state index contributed by atoms with van der Waals surface area (Å²) in [4.78, 5) is 13.4. The Labute approximate surface area is 129 Å². The number of nitrogen functional groups attached to an aromatic ring is 1. The van der Waals surface area contributed by atoms with Crippen molar-refractivity contribution in [3.63, 3.8) is 0 Å². The molecule has 0 aliphatic heterocycles. The van der Waals surface area contributed by atoms with E-state index >= 15 is 0 Å². The van der Waals surface area contributed by atoms with Crippen molar-refractivity contribution in [2.75, 3.05) is 19.8 Å². The molecule has 2 N–H and O–H groups in total.